The van der Waals surface area contributed by atoms with Gasteiger partial charge in [0.25, 0.3) is 11.8 Å². The topological polar surface area (TPSA) is 94.6 Å². The van der Waals surface area contributed by atoms with Crippen molar-refractivity contribution in [2.45, 2.75) is 25.9 Å². The van der Waals surface area contributed by atoms with Crippen LogP contribution in [0.25, 0.3) is 0 Å². The summed E-state index contributed by atoms with van der Waals surface area (Å²) in [5, 5.41) is 0. The third kappa shape index (κ3) is 4.80. The minimum atomic E-state index is -0.983. The van der Waals surface area contributed by atoms with Gasteiger partial charge in [0.15, 0.2) is 11.5 Å². The maximum Gasteiger partial charge on any atom is 0.257 e. The summed E-state index contributed by atoms with van der Waals surface area (Å²) in [7, 11) is 1.52. The summed E-state index contributed by atoms with van der Waals surface area (Å²) in [4.78, 5) is 43.0. The van der Waals surface area contributed by atoms with Crippen molar-refractivity contribution in [3.05, 3.63) is 77.9 Å². The van der Waals surface area contributed by atoms with Gasteiger partial charge in [-0.2, -0.15) is 0 Å². The Morgan fingerprint density at radius 3 is 2.54 bits per heavy atom. The zero-order valence-corrected chi connectivity index (χ0v) is 20.5. The number of methoxy groups -OCH3 is 1. The Morgan fingerprint density at radius 1 is 1.00 bits per heavy atom. The molecular weight excluding hydrogens is 476 g/mol. The van der Waals surface area contributed by atoms with Gasteiger partial charge in [-0.05, 0) is 67.1 Å². The van der Waals surface area contributed by atoms with E-state index in [2.05, 4.69) is 0 Å². The highest BCUT2D eigenvalue weighted by molar-refractivity contribution is 6.23. The second-order valence-corrected chi connectivity index (χ2v) is 8.57. The molecule has 0 N–H and O–H groups in total. The van der Waals surface area contributed by atoms with E-state index in [4.69, 9.17) is 18.9 Å². The molecule has 0 spiro atoms. The number of carbonyl (C=O) groups is 3. The van der Waals surface area contributed by atoms with Crippen molar-refractivity contribution in [1.82, 2.24) is 4.90 Å². The number of ether oxygens (including phenoxy) is 4. The Hall–Kier alpha value is -4.53. The molecule has 0 aliphatic carbocycles. The zero-order chi connectivity index (χ0) is 25.9. The minimum Gasteiger partial charge on any atom is -0.497 e. The molecular formula is C28H26N2O7. The van der Waals surface area contributed by atoms with Gasteiger partial charge in [0.1, 0.15) is 17.5 Å². The molecule has 0 aromatic heterocycles. The highest BCUT2D eigenvalue weighted by Crippen LogP contribution is 2.34. The number of nitrogens with zero attached hydrogens (tertiary/aromatic N) is 2. The molecule has 1 unspecified atom stereocenters. The standard InChI is InChI=1S/C28H26N2O7/c1-3-35-21-10-8-20(9-11-21)30-26(31)15-23(28(30)33)29(27(32)19-5-4-6-22(14-19)34-2)16-18-7-12-24-25(13-18)37-17-36-24/h4-14,23H,3,15-17H2,1-2H3. The Balaban J connectivity index is 1.47. The van der Waals surface area contributed by atoms with E-state index in [1.807, 2.05) is 13.0 Å². The van der Waals surface area contributed by atoms with Crippen LogP contribution in [0.15, 0.2) is 66.7 Å². The Kier molecular flexibility index (Phi) is 6.68. The molecule has 3 aromatic rings. The molecule has 3 amide bonds. The van der Waals surface area contributed by atoms with Crippen LogP contribution in [0.3, 0.4) is 0 Å². The van der Waals surface area contributed by atoms with Gasteiger partial charge in [-0.25, -0.2) is 4.90 Å². The van der Waals surface area contributed by atoms with Crippen molar-refractivity contribution in [3.63, 3.8) is 0 Å². The van der Waals surface area contributed by atoms with Crippen LogP contribution in [-0.4, -0.2) is 49.2 Å². The Morgan fingerprint density at radius 2 is 1.78 bits per heavy atom. The molecule has 2 aliphatic heterocycles. The van der Waals surface area contributed by atoms with Gasteiger partial charge in [0.05, 0.1) is 25.8 Å². The molecule has 1 fully saturated rings. The molecule has 9 nitrogen and oxygen atoms in total. The Bertz CT molecular complexity index is 1340. The number of carbonyl (C=O) groups excluding carboxylic acids is 3. The lowest BCUT2D eigenvalue weighted by Gasteiger charge is -2.28. The van der Waals surface area contributed by atoms with E-state index in [1.54, 1.807) is 60.7 Å². The van der Waals surface area contributed by atoms with Crippen molar-refractivity contribution < 1.29 is 33.3 Å². The van der Waals surface area contributed by atoms with E-state index in [-0.39, 0.29) is 25.7 Å². The van der Waals surface area contributed by atoms with Gasteiger partial charge in [0.2, 0.25) is 12.7 Å². The van der Waals surface area contributed by atoms with E-state index < -0.39 is 17.9 Å². The lowest BCUT2D eigenvalue weighted by atomic mass is 10.1. The van der Waals surface area contributed by atoms with Gasteiger partial charge < -0.3 is 23.8 Å². The lowest BCUT2D eigenvalue weighted by Crippen LogP contribution is -2.45. The number of hydrogen-bond donors (Lipinski definition) is 0. The first-order valence-electron chi connectivity index (χ1n) is 11.9. The SMILES string of the molecule is CCOc1ccc(N2C(=O)CC(N(Cc3ccc4c(c3)OCO4)C(=O)c3cccc(OC)c3)C2=O)cc1. The van der Waals surface area contributed by atoms with E-state index in [0.29, 0.717) is 40.9 Å². The zero-order valence-electron chi connectivity index (χ0n) is 20.5. The first kappa shape index (κ1) is 24.2. The highest BCUT2D eigenvalue weighted by atomic mass is 16.7. The maximum absolute atomic E-state index is 13.8. The van der Waals surface area contributed by atoms with Gasteiger partial charge in [0, 0.05) is 12.1 Å². The maximum atomic E-state index is 13.8. The fourth-order valence-electron chi connectivity index (χ4n) is 4.47. The molecule has 37 heavy (non-hydrogen) atoms. The summed E-state index contributed by atoms with van der Waals surface area (Å²) >= 11 is 0. The summed E-state index contributed by atoms with van der Waals surface area (Å²) in [6.45, 7) is 2.59. The van der Waals surface area contributed by atoms with E-state index in [1.165, 1.54) is 12.0 Å². The van der Waals surface area contributed by atoms with Crippen molar-refractivity contribution >= 4 is 23.4 Å². The number of imide groups is 1. The molecule has 190 valence electrons. The molecule has 9 heteroatoms. The second-order valence-electron chi connectivity index (χ2n) is 8.57. The fourth-order valence-corrected chi connectivity index (χ4v) is 4.47. The lowest BCUT2D eigenvalue weighted by molar-refractivity contribution is -0.122. The minimum absolute atomic E-state index is 0.0908. The van der Waals surface area contributed by atoms with Crippen molar-refractivity contribution in [3.8, 4) is 23.0 Å². The first-order chi connectivity index (χ1) is 18.0. The number of anilines is 1. The average molecular weight is 503 g/mol. The van der Waals surface area contributed by atoms with Gasteiger partial charge in [-0.1, -0.05) is 12.1 Å². The summed E-state index contributed by atoms with van der Waals surface area (Å²) < 4.78 is 21.6. The van der Waals surface area contributed by atoms with Crippen LogP contribution < -0.4 is 23.8 Å². The van der Waals surface area contributed by atoms with Gasteiger partial charge in [-0.15, -0.1) is 0 Å². The summed E-state index contributed by atoms with van der Waals surface area (Å²) in [6.07, 6.45) is -0.133. The molecule has 1 saturated heterocycles. The Labute approximate surface area is 214 Å². The number of rotatable bonds is 8. The number of hydrogen-bond acceptors (Lipinski definition) is 7. The number of amides is 3. The van der Waals surface area contributed by atoms with Crippen LogP contribution in [0.5, 0.6) is 23.0 Å². The van der Waals surface area contributed by atoms with Crippen LogP contribution in [0, 0.1) is 0 Å². The molecule has 5 rings (SSSR count). The molecule has 1 atom stereocenters. The largest absolute Gasteiger partial charge is 0.497 e. The first-order valence-corrected chi connectivity index (χ1v) is 11.9. The van der Waals surface area contributed by atoms with Gasteiger partial charge in [-0.3, -0.25) is 14.4 Å². The third-order valence-corrected chi connectivity index (χ3v) is 6.27. The third-order valence-electron chi connectivity index (χ3n) is 6.27. The van der Waals surface area contributed by atoms with Crippen molar-refractivity contribution in [2.75, 3.05) is 25.4 Å². The smallest absolute Gasteiger partial charge is 0.257 e. The molecule has 0 saturated carbocycles. The molecule has 2 heterocycles. The van der Waals surface area contributed by atoms with Crippen LogP contribution in [0.4, 0.5) is 5.69 Å². The predicted octanol–water partition coefficient (Wildman–Crippen LogP) is 3.80. The summed E-state index contributed by atoms with van der Waals surface area (Å²) in [5.41, 5.74) is 1.51. The van der Waals surface area contributed by atoms with Crippen LogP contribution in [-0.2, 0) is 16.1 Å². The predicted molar refractivity (Wildman–Crippen MR) is 134 cm³/mol. The van der Waals surface area contributed by atoms with Crippen LogP contribution >= 0.6 is 0 Å². The fraction of sp³-hybridized carbons (Fsp3) is 0.250. The van der Waals surface area contributed by atoms with Crippen LogP contribution in [0.1, 0.15) is 29.3 Å². The summed E-state index contributed by atoms with van der Waals surface area (Å²) in [5.74, 6) is 1.09. The average Bonchev–Trinajstić information content (AvgIpc) is 3.50. The molecule has 2 aliphatic rings. The highest BCUT2D eigenvalue weighted by Gasteiger charge is 2.44. The normalized spacial score (nSPS) is 16.2. The van der Waals surface area contributed by atoms with E-state index >= 15 is 0 Å². The van der Waals surface area contributed by atoms with Gasteiger partial charge >= 0.3 is 0 Å². The van der Waals surface area contributed by atoms with E-state index in [9.17, 15) is 14.4 Å². The van der Waals surface area contributed by atoms with Crippen molar-refractivity contribution in [2.24, 2.45) is 0 Å². The second kappa shape index (κ2) is 10.2. The monoisotopic (exact) mass is 502 g/mol. The molecule has 0 radical (unpaired) electrons. The van der Waals surface area contributed by atoms with Crippen LogP contribution in [0.2, 0.25) is 0 Å². The summed E-state index contributed by atoms with van der Waals surface area (Å²) in [6, 6.07) is 17.8. The quantitative estimate of drug-likeness (QED) is 0.433. The number of fused-ring (bicyclic) bond motifs is 1. The molecule has 0 bridgehead atoms. The van der Waals surface area contributed by atoms with E-state index in [0.717, 1.165) is 10.5 Å². The number of benzene rings is 3. The van der Waals surface area contributed by atoms with Crippen molar-refractivity contribution in [1.29, 1.82) is 0 Å². The molecule has 3 aromatic carbocycles.